The highest BCUT2D eigenvalue weighted by atomic mass is 15.2. The lowest BCUT2D eigenvalue weighted by molar-refractivity contribution is 0.0230. The molecular formula is C22H36N2. The standard InChI is InChI=1S/C22H36N2/c1-18(2)21-7-5-6-20(16-21)17-23-12-8-22(9-13-23)10-14-24(15-11-22)19(3)4/h5-7,16,18-19H,8-15,17H2,1-4H3. The highest BCUT2D eigenvalue weighted by Gasteiger charge is 2.37. The Hall–Kier alpha value is -0.860. The third-order valence-electron chi connectivity index (χ3n) is 6.53. The molecule has 0 atom stereocenters. The summed E-state index contributed by atoms with van der Waals surface area (Å²) in [5, 5.41) is 0. The van der Waals surface area contributed by atoms with E-state index < -0.39 is 0 Å². The van der Waals surface area contributed by atoms with Crippen LogP contribution < -0.4 is 0 Å². The molecule has 0 radical (unpaired) electrons. The monoisotopic (exact) mass is 328 g/mol. The average Bonchev–Trinajstić information content (AvgIpc) is 2.58. The fourth-order valence-electron chi connectivity index (χ4n) is 4.51. The van der Waals surface area contributed by atoms with Gasteiger partial charge in [0.15, 0.2) is 0 Å². The molecule has 2 heterocycles. The fraction of sp³-hybridized carbons (Fsp3) is 0.727. The Balaban J connectivity index is 1.52. The molecule has 0 aromatic heterocycles. The first kappa shape index (κ1) is 17.9. The number of hydrogen-bond acceptors (Lipinski definition) is 2. The van der Waals surface area contributed by atoms with Crippen molar-refractivity contribution in [3.8, 4) is 0 Å². The van der Waals surface area contributed by atoms with E-state index in [0.29, 0.717) is 11.3 Å². The van der Waals surface area contributed by atoms with Crippen LogP contribution in [0.15, 0.2) is 24.3 Å². The summed E-state index contributed by atoms with van der Waals surface area (Å²) in [6.07, 6.45) is 5.65. The molecule has 0 bridgehead atoms. The number of likely N-dealkylation sites (tertiary alicyclic amines) is 2. The Bertz CT molecular complexity index is 517. The normalized spacial score (nSPS) is 22.6. The van der Waals surface area contributed by atoms with Crippen molar-refractivity contribution in [3.05, 3.63) is 35.4 Å². The predicted molar refractivity (Wildman–Crippen MR) is 103 cm³/mol. The molecule has 24 heavy (non-hydrogen) atoms. The first-order valence-electron chi connectivity index (χ1n) is 10.0. The van der Waals surface area contributed by atoms with Crippen molar-refractivity contribution in [1.82, 2.24) is 9.80 Å². The topological polar surface area (TPSA) is 6.48 Å². The van der Waals surface area contributed by atoms with Crippen molar-refractivity contribution in [1.29, 1.82) is 0 Å². The van der Waals surface area contributed by atoms with Crippen LogP contribution in [0.3, 0.4) is 0 Å². The van der Waals surface area contributed by atoms with Gasteiger partial charge in [-0.1, -0.05) is 38.1 Å². The minimum atomic E-state index is 0.626. The van der Waals surface area contributed by atoms with E-state index in [9.17, 15) is 0 Å². The van der Waals surface area contributed by atoms with Gasteiger partial charge in [0.25, 0.3) is 0 Å². The number of benzene rings is 1. The lowest BCUT2D eigenvalue weighted by Gasteiger charge is -2.47. The Morgan fingerprint density at radius 1 is 0.917 bits per heavy atom. The molecule has 2 nitrogen and oxygen atoms in total. The van der Waals surface area contributed by atoms with E-state index in [1.54, 1.807) is 0 Å². The minimum absolute atomic E-state index is 0.626. The molecule has 3 rings (SSSR count). The molecule has 1 spiro atoms. The first-order chi connectivity index (χ1) is 11.5. The van der Waals surface area contributed by atoms with E-state index in [-0.39, 0.29) is 0 Å². The van der Waals surface area contributed by atoms with Gasteiger partial charge in [0.2, 0.25) is 0 Å². The Morgan fingerprint density at radius 3 is 2.12 bits per heavy atom. The summed E-state index contributed by atoms with van der Waals surface area (Å²) in [5.41, 5.74) is 3.62. The van der Waals surface area contributed by atoms with Crippen LogP contribution in [0.1, 0.15) is 70.4 Å². The number of hydrogen-bond donors (Lipinski definition) is 0. The van der Waals surface area contributed by atoms with Crippen molar-refractivity contribution in [2.45, 2.75) is 71.9 Å². The largest absolute Gasteiger partial charge is 0.301 e. The van der Waals surface area contributed by atoms with Gasteiger partial charge in [-0.15, -0.1) is 0 Å². The van der Waals surface area contributed by atoms with Crippen molar-refractivity contribution < 1.29 is 0 Å². The average molecular weight is 329 g/mol. The Labute approximate surface area is 149 Å². The quantitative estimate of drug-likeness (QED) is 0.776. The molecule has 2 heteroatoms. The number of piperidine rings is 2. The zero-order valence-corrected chi connectivity index (χ0v) is 16.2. The molecule has 0 unspecified atom stereocenters. The van der Waals surface area contributed by atoms with Crippen LogP contribution in [-0.4, -0.2) is 42.0 Å². The molecular weight excluding hydrogens is 292 g/mol. The van der Waals surface area contributed by atoms with Crippen LogP contribution >= 0.6 is 0 Å². The second-order valence-electron chi connectivity index (χ2n) is 8.81. The third-order valence-corrected chi connectivity index (χ3v) is 6.53. The van der Waals surface area contributed by atoms with Crippen LogP contribution in [0.4, 0.5) is 0 Å². The van der Waals surface area contributed by atoms with Gasteiger partial charge in [-0.05, 0) is 88.2 Å². The van der Waals surface area contributed by atoms with E-state index in [0.717, 1.165) is 12.6 Å². The Morgan fingerprint density at radius 2 is 1.54 bits per heavy atom. The smallest absolute Gasteiger partial charge is 0.0233 e. The minimum Gasteiger partial charge on any atom is -0.301 e. The molecule has 2 saturated heterocycles. The molecule has 0 aliphatic carbocycles. The maximum atomic E-state index is 2.68. The summed E-state index contributed by atoms with van der Waals surface area (Å²) in [4.78, 5) is 5.34. The summed E-state index contributed by atoms with van der Waals surface area (Å²) in [6.45, 7) is 15.6. The number of rotatable bonds is 4. The number of nitrogens with zero attached hydrogens (tertiary/aromatic N) is 2. The van der Waals surface area contributed by atoms with E-state index in [1.165, 1.54) is 63.0 Å². The predicted octanol–water partition coefficient (Wildman–Crippen LogP) is 4.90. The van der Waals surface area contributed by atoms with Crippen LogP contribution in [0.5, 0.6) is 0 Å². The zero-order chi connectivity index (χ0) is 17.2. The van der Waals surface area contributed by atoms with Crippen LogP contribution in [0.2, 0.25) is 0 Å². The third kappa shape index (κ3) is 4.21. The molecule has 1 aromatic carbocycles. The van der Waals surface area contributed by atoms with E-state index in [4.69, 9.17) is 0 Å². The van der Waals surface area contributed by atoms with Crippen LogP contribution in [0, 0.1) is 5.41 Å². The van der Waals surface area contributed by atoms with Gasteiger partial charge in [0.1, 0.15) is 0 Å². The summed E-state index contributed by atoms with van der Waals surface area (Å²) in [5.74, 6) is 0.626. The zero-order valence-electron chi connectivity index (χ0n) is 16.2. The second kappa shape index (κ2) is 7.58. The lowest BCUT2D eigenvalue weighted by atomic mass is 9.71. The van der Waals surface area contributed by atoms with Gasteiger partial charge in [0.05, 0.1) is 0 Å². The first-order valence-corrected chi connectivity index (χ1v) is 10.0. The highest BCUT2D eigenvalue weighted by molar-refractivity contribution is 5.25. The molecule has 0 amide bonds. The molecule has 0 N–H and O–H groups in total. The maximum absolute atomic E-state index is 2.68. The van der Waals surface area contributed by atoms with Gasteiger partial charge in [-0.25, -0.2) is 0 Å². The molecule has 2 aliphatic heterocycles. The van der Waals surface area contributed by atoms with Crippen molar-refractivity contribution in [3.63, 3.8) is 0 Å². The van der Waals surface area contributed by atoms with Crippen LogP contribution in [0.25, 0.3) is 0 Å². The van der Waals surface area contributed by atoms with Gasteiger partial charge >= 0.3 is 0 Å². The van der Waals surface area contributed by atoms with E-state index in [2.05, 4.69) is 61.8 Å². The Kier molecular flexibility index (Phi) is 5.66. The summed E-state index contributed by atoms with van der Waals surface area (Å²) < 4.78 is 0. The summed E-state index contributed by atoms with van der Waals surface area (Å²) >= 11 is 0. The van der Waals surface area contributed by atoms with E-state index >= 15 is 0 Å². The van der Waals surface area contributed by atoms with Crippen LogP contribution in [-0.2, 0) is 6.54 Å². The molecule has 134 valence electrons. The highest BCUT2D eigenvalue weighted by Crippen LogP contribution is 2.41. The van der Waals surface area contributed by atoms with Crippen molar-refractivity contribution in [2.75, 3.05) is 26.2 Å². The summed E-state index contributed by atoms with van der Waals surface area (Å²) in [7, 11) is 0. The van der Waals surface area contributed by atoms with Gasteiger partial charge < -0.3 is 4.90 Å². The maximum Gasteiger partial charge on any atom is 0.0233 e. The molecule has 0 saturated carbocycles. The SMILES string of the molecule is CC(C)c1cccc(CN2CCC3(CC2)CCN(C(C)C)CC3)c1. The van der Waals surface area contributed by atoms with Gasteiger partial charge in [-0.2, -0.15) is 0 Å². The lowest BCUT2D eigenvalue weighted by Crippen LogP contribution is -2.48. The van der Waals surface area contributed by atoms with Crippen molar-refractivity contribution in [2.24, 2.45) is 5.41 Å². The van der Waals surface area contributed by atoms with Gasteiger partial charge in [-0.3, -0.25) is 4.90 Å². The fourth-order valence-corrected chi connectivity index (χ4v) is 4.51. The molecule has 1 aromatic rings. The molecule has 2 fully saturated rings. The van der Waals surface area contributed by atoms with E-state index in [1.807, 2.05) is 0 Å². The summed E-state index contributed by atoms with van der Waals surface area (Å²) in [6, 6.07) is 9.93. The van der Waals surface area contributed by atoms with Gasteiger partial charge in [0, 0.05) is 12.6 Å². The molecule has 2 aliphatic rings. The second-order valence-corrected chi connectivity index (χ2v) is 8.81. The van der Waals surface area contributed by atoms with Crippen molar-refractivity contribution >= 4 is 0 Å².